The van der Waals surface area contributed by atoms with Crippen molar-refractivity contribution in [1.82, 2.24) is 9.80 Å². The van der Waals surface area contributed by atoms with E-state index in [1.807, 2.05) is 19.0 Å². The zero-order valence-corrected chi connectivity index (χ0v) is 12.0. The molecule has 1 atom stereocenters. The lowest BCUT2D eigenvalue weighted by atomic mass is 10.1. The Morgan fingerprint density at radius 2 is 1.82 bits per heavy atom. The van der Waals surface area contributed by atoms with Crippen LogP contribution in [0.5, 0.6) is 0 Å². The van der Waals surface area contributed by atoms with Gasteiger partial charge in [-0.3, -0.25) is 4.79 Å². The maximum atomic E-state index is 12.0. The van der Waals surface area contributed by atoms with Gasteiger partial charge in [-0.25, -0.2) is 0 Å². The van der Waals surface area contributed by atoms with Crippen molar-refractivity contribution in [2.75, 3.05) is 27.2 Å². The molecular weight excluding hydrogens is 238 g/mol. The fraction of sp³-hybridized carbons (Fsp3) is 0.917. The average molecular weight is 264 g/mol. The normalized spacial score (nSPS) is 17.9. The van der Waals surface area contributed by atoms with E-state index in [4.69, 9.17) is 5.73 Å². The Hall–Kier alpha value is -0.320. The molecule has 1 amide bonds. The summed E-state index contributed by atoms with van der Waals surface area (Å²) in [7, 11) is 4.06. The number of likely N-dealkylation sites (N-methyl/N-ethyl adjacent to an activating group) is 1. The van der Waals surface area contributed by atoms with Crippen LogP contribution in [0.3, 0.4) is 0 Å². The van der Waals surface area contributed by atoms with Crippen LogP contribution in [0, 0.1) is 0 Å². The molecular formula is C12H26ClN3O. The third-order valence-corrected chi connectivity index (χ3v) is 3.23. The molecule has 0 spiro atoms. The Bertz CT molecular complexity index is 228. The molecule has 0 saturated heterocycles. The molecule has 0 aromatic rings. The van der Waals surface area contributed by atoms with Crippen LogP contribution in [-0.4, -0.2) is 55.0 Å². The summed E-state index contributed by atoms with van der Waals surface area (Å²) in [5.74, 6) is 0.105. The van der Waals surface area contributed by atoms with E-state index >= 15 is 0 Å². The van der Waals surface area contributed by atoms with Gasteiger partial charge in [-0.2, -0.15) is 0 Å². The maximum absolute atomic E-state index is 12.0. The summed E-state index contributed by atoms with van der Waals surface area (Å²) >= 11 is 0. The van der Waals surface area contributed by atoms with Gasteiger partial charge in [0.15, 0.2) is 0 Å². The number of hydrogen-bond acceptors (Lipinski definition) is 3. The molecule has 0 aromatic carbocycles. The third kappa shape index (κ3) is 5.23. The Kier molecular flexibility index (Phi) is 7.75. The van der Waals surface area contributed by atoms with Gasteiger partial charge in [-0.15, -0.1) is 12.4 Å². The molecule has 5 heteroatoms. The zero-order valence-electron chi connectivity index (χ0n) is 11.2. The number of hydrogen-bond donors (Lipinski definition) is 1. The van der Waals surface area contributed by atoms with E-state index in [0.29, 0.717) is 6.04 Å². The SMILES string of the molecule is CC(N)C(=O)N(CCN(C)C)C1CCCC1.Cl. The zero-order chi connectivity index (χ0) is 12.1. The highest BCUT2D eigenvalue weighted by Crippen LogP contribution is 2.23. The van der Waals surface area contributed by atoms with E-state index in [1.54, 1.807) is 6.92 Å². The minimum atomic E-state index is -0.372. The van der Waals surface area contributed by atoms with Crippen molar-refractivity contribution in [2.45, 2.75) is 44.7 Å². The van der Waals surface area contributed by atoms with Gasteiger partial charge in [0.05, 0.1) is 6.04 Å². The highest BCUT2D eigenvalue weighted by Gasteiger charge is 2.27. The summed E-state index contributed by atoms with van der Waals surface area (Å²) in [6.45, 7) is 3.49. The molecule has 1 fully saturated rings. The second-order valence-electron chi connectivity index (χ2n) is 5.06. The van der Waals surface area contributed by atoms with Crippen molar-refractivity contribution in [2.24, 2.45) is 5.73 Å². The van der Waals surface area contributed by atoms with Gasteiger partial charge in [-0.1, -0.05) is 12.8 Å². The number of nitrogens with two attached hydrogens (primary N) is 1. The quantitative estimate of drug-likeness (QED) is 0.808. The first-order chi connectivity index (χ1) is 7.52. The lowest BCUT2D eigenvalue weighted by Gasteiger charge is -2.31. The van der Waals surface area contributed by atoms with Crippen LogP contribution in [0.25, 0.3) is 0 Å². The third-order valence-electron chi connectivity index (χ3n) is 3.23. The minimum Gasteiger partial charge on any atom is -0.337 e. The lowest BCUT2D eigenvalue weighted by Crippen LogP contribution is -2.49. The number of carbonyl (C=O) groups excluding carboxylic acids is 1. The minimum absolute atomic E-state index is 0. The summed E-state index contributed by atoms with van der Waals surface area (Å²) < 4.78 is 0. The molecule has 1 aliphatic carbocycles. The number of amides is 1. The number of halogens is 1. The van der Waals surface area contributed by atoms with E-state index in [1.165, 1.54) is 12.8 Å². The van der Waals surface area contributed by atoms with Crippen LogP contribution in [0.4, 0.5) is 0 Å². The van der Waals surface area contributed by atoms with Gasteiger partial charge in [0.2, 0.25) is 5.91 Å². The molecule has 1 unspecified atom stereocenters. The lowest BCUT2D eigenvalue weighted by molar-refractivity contribution is -0.134. The Morgan fingerprint density at radius 3 is 2.24 bits per heavy atom. The van der Waals surface area contributed by atoms with Gasteiger partial charge >= 0.3 is 0 Å². The first-order valence-corrected chi connectivity index (χ1v) is 6.23. The van der Waals surface area contributed by atoms with Crippen molar-refractivity contribution >= 4 is 18.3 Å². The highest BCUT2D eigenvalue weighted by atomic mass is 35.5. The molecule has 0 aliphatic heterocycles. The molecule has 4 nitrogen and oxygen atoms in total. The molecule has 1 aliphatic rings. The summed E-state index contributed by atoms with van der Waals surface area (Å²) in [5, 5.41) is 0. The number of carbonyl (C=O) groups is 1. The second-order valence-corrected chi connectivity index (χ2v) is 5.06. The average Bonchev–Trinajstić information content (AvgIpc) is 2.70. The number of nitrogens with zero attached hydrogens (tertiary/aromatic N) is 2. The predicted molar refractivity (Wildman–Crippen MR) is 73.4 cm³/mol. The summed E-state index contributed by atoms with van der Waals surface area (Å²) in [6, 6.07) is 0.0567. The van der Waals surface area contributed by atoms with Crippen molar-refractivity contribution in [3.05, 3.63) is 0 Å². The largest absolute Gasteiger partial charge is 0.337 e. The molecule has 1 rings (SSSR count). The Morgan fingerprint density at radius 1 is 1.29 bits per heavy atom. The first kappa shape index (κ1) is 16.7. The van der Waals surface area contributed by atoms with E-state index in [0.717, 1.165) is 25.9 Å². The summed E-state index contributed by atoms with van der Waals surface area (Å²) in [6.07, 6.45) is 4.78. The summed E-state index contributed by atoms with van der Waals surface area (Å²) in [5.41, 5.74) is 5.71. The first-order valence-electron chi connectivity index (χ1n) is 6.23. The van der Waals surface area contributed by atoms with Crippen LogP contribution in [0.1, 0.15) is 32.6 Å². The maximum Gasteiger partial charge on any atom is 0.239 e. The molecule has 17 heavy (non-hydrogen) atoms. The van der Waals surface area contributed by atoms with Crippen molar-refractivity contribution < 1.29 is 4.79 Å². The molecule has 0 radical (unpaired) electrons. The van der Waals surface area contributed by atoms with Gasteiger partial charge in [0.1, 0.15) is 0 Å². The standard InChI is InChI=1S/C12H25N3O.ClH/c1-10(13)12(16)15(9-8-14(2)3)11-6-4-5-7-11;/h10-11H,4-9,13H2,1-3H3;1H. The van der Waals surface area contributed by atoms with Crippen molar-refractivity contribution in [3.8, 4) is 0 Å². The predicted octanol–water partition coefficient (Wildman–Crippen LogP) is 1.09. The van der Waals surface area contributed by atoms with Crippen LogP contribution in [0.2, 0.25) is 0 Å². The fourth-order valence-electron chi connectivity index (χ4n) is 2.26. The molecule has 0 heterocycles. The topological polar surface area (TPSA) is 49.6 Å². The van der Waals surface area contributed by atoms with Crippen molar-refractivity contribution in [1.29, 1.82) is 0 Å². The van der Waals surface area contributed by atoms with Crippen LogP contribution in [0.15, 0.2) is 0 Å². The monoisotopic (exact) mass is 263 g/mol. The Balaban J connectivity index is 0.00000256. The van der Waals surface area contributed by atoms with Gasteiger partial charge in [-0.05, 0) is 33.9 Å². The molecule has 0 aromatic heterocycles. The van der Waals surface area contributed by atoms with Gasteiger partial charge in [0.25, 0.3) is 0 Å². The Labute approximate surface area is 111 Å². The smallest absolute Gasteiger partial charge is 0.239 e. The van der Waals surface area contributed by atoms with Crippen molar-refractivity contribution in [3.63, 3.8) is 0 Å². The van der Waals surface area contributed by atoms with Crippen LogP contribution >= 0.6 is 12.4 Å². The molecule has 102 valence electrons. The molecule has 2 N–H and O–H groups in total. The number of rotatable bonds is 5. The van der Waals surface area contributed by atoms with E-state index in [2.05, 4.69) is 4.90 Å². The second kappa shape index (κ2) is 7.90. The molecule has 1 saturated carbocycles. The fourth-order valence-corrected chi connectivity index (χ4v) is 2.26. The summed E-state index contributed by atoms with van der Waals surface area (Å²) in [4.78, 5) is 16.1. The van der Waals surface area contributed by atoms with E-state index < -0.39 is 0 Å². The van der Waals surface area contributed by atoms with Gasteiger partial charge in [0, 0.05) is 19.1 Å². The van der Waals surface area contributed by atoms with Crippen LogP contribution in [-0.2, 0) is 4.79 Å². The van der Waals surface area contributed by atoms with Gasteiger partial charge < -0.3 is 15.5 Å². The highest BCUT2D eigenvalue weighted by molar-refractivity contribution is 5.85. The molecule has 0 bridgehead atoms. The van der Waals surface area contributed by atoms with Crippen LogP contribution < -0.4 is 5.73 Å². The van der Waals surface area contributed by atoms with E-state index in [-0.39, 0.29) is 24.4 Å². The van der Waals surface area contributed by atoms with E-state index in [9.17, 15) is 4.79 Å².